The van der Waals surface area contributed by atoms with Gasteiger partial charge in [-0.25, -0.2) is 9.97 Å². The summed E-state index contributed by atoms with van der Waals surface area (Å²) < 4.78 is 1.10. The summed E-state index contributed by atoms with van der Waals surface area (Å²) in [6.45, 7) is 5.18. The lowest BCUT2D eigenvalue weighted by Gasteiger charge is -2.12. The first-order chi connectivity index (χ1) is 10.2. The maximum absolute atomic E-state index is 9.40. The SMILES string of the molecule is CCCNc1nc(-c2ccc(O)cc2)nc(CCC)c1I. The van der Waals surface area contributed by atoms with E-state index >= 15 is 0 Å². The average Bonchev–Trinajstić information content (AvgIpc) is 2.49. The van der Waals surface area contributed by atoms with E-state index in [0.29, 0.717) is 5.82 Å². The van der Waals surface area contributed by atoms with E-state index in [2.05, 4.69) is 46.7 Å². The molecule has 4 nitrogen and oxygen atoms in total. The van der Waals surface area contributed by atoms with E-state index < -0.39 is 0 Å². The number of aromatic nitrogens is 2. The second-order valence-corrected chi connectivity index (χ2v) is 5.96. The van der Waals surface area contributed by atoms with Crippen LogP contribution in [-0.2, 0) is 6.42 Å². The van der Waals surface area contributed by atoms with Crippen LogP contribution in [0.5, 0.6) is 5.75 Å². The third kappa shape index (κ3) is 4.06. The fraction of sp³-hybridized carbons (Fsp3) is 0.375. The normalized spacial score (nSPS) is 10.6. The van der Waals surface area contributed by atoms with Gasteiger partial charge in [-0.15, -0.1) is 0 Å². The van der Waals surface area contributed by atoms with Gasteiger partial charge in [-0.3, -0.25) is 0 Å². The van der Waals surface area contributed by atoms with Gasteiger partial charge in [0.15, 0.2) is 5.82 Å². The lowest BCUT2D eigenvalue weighted by molar-refractivity contribution is 0.475. The summed E-state index contributed by atoms with van der Waals surface area (Å²) in [5.41, 5.74) is 2.00. The molecule has 0 spiro atoms. The van der Waals surface area contributed by atoms with Crippen molar-refractivity contribution in [1.82, 2.24) is 9.97 Å². The van der Waals surface area contributed by atoms with E-state index in [1.54, 1.807) is 12.1 Å². The Morgan fingerprint density at radius 1 is 1.10 bits per heavy atom. The number of aryl methyl sites for hydroxylation is 1. The molecule has 0 aliphatic carbocycles. The topological polar surface area (TPSA) is 58.0 Å². The van der Waals surface area contributed by atoms with Crippen LogP contribution >= 0.6 is 22.6 Å². The number of phenolic OH excluding ortho intramolecular Hbond substituents is 1. The number of benzene rings is 1. The molecule has 0 fully saturated rings. The molecule has 0 radical (unpaired) electrons. The summed E-state index contributed by atoms with van der Waals surface area (Å²) in [7, 11) is 0. The third-order valence-electron chi connectivity index (χ3n) is 3.07. The first-order valence-electron chi connectivity index (χ1n) is 7.25. The first kappa shape index (κ1) is 16.0. The summed E-state index contributed by atoms with van der Waals surface area (Å²) in [6.07, 6.45) is 3.04. The van der Waals surface area contributed by atoms with E-state index in [-0.39, 0.29) is 5.75 Å². The highest BCUT2D eigenvalue weighted by atomic mass is 127. The monoisotopic (exact) mass is 397 g/mol. The lowest BCUT2D eigenvalue weighted by Crippen LogP contribution is -2.09. The highest BCUT2D eigenvalue weighted by Gasteiger charge is 2.12. The van der Waals surface area contributed by atoms with Gasteiger partial charge in [-0.05, 0) is 59.7 Å². The van der Waals surface area contributed by atoms with Gasteiger partial charge < -0.3 is 10.4 Å². The second-order valence-electron chi connectivity index (χ2n) is 4.88. The largest absolute Gasteiger partial charge is 0.508 e. The number of halogens is 1. The summed E-state index contributed by atoms with van der Waals surface area (Å²) >= 11 is 2.32. The van der Waals surface area contributed by atoms with Crippen LogP contribution in [0.15, 0.2) is 24.3 Å². The van der Waals surface area contributed by atoms with Crippen LogP contribution in [0, 0.1) is 3.57 Å². The maximum Gasteiger partial charge on any atom is 0.161 e. The number of phenols is 1. The quantitative estimate of drug-likeness (QED) is 0.717. The number of anilines is 1. The molecule has 0 atom stereocenters. The summed E-state index contributed by atoms with van der Waals surface area (Å²) in [5.74, 6) is 1.86. The molecule has 112 valence electrons. The molecule has 0 bridgehead atoms. The van der Waals surface area contributed by atoms with Crippen molar-refractivity contribution in [3.05, 3.63) is 33.5 Å². The highest BCUT2D eigenvalue weighted by Crippen LogP contribution is 2.26. The second kappa shape index (κ2) is 7.59. The molecule has 0 aliphatic rings. The van der Waals surface area contributed by atoms with Crippen molar-refractivity contribution in [2.24, 2.45) is 0 Å². The Kier molecular flexibility index (Phi) is 5.78. The van der Waals surface area contributed by atoms with Crippen LogP contribution in [0.3, 0.4) is 0 Å². The molecule has 1 heterocycles. The Balaban J connectivity index is 2.44. The molecule has 2 aromatic rings. The molecule has 1 aromatic heterocycles. The molecular formula is C16H20IN3O. The van der Waals surface area contributed by atoms with E-state index in [0.717, 1.165) is 46.5 Å². The van der Waals surface area contributed by atoms with Gasteiger partial charge in [0.05, 0.1) is 9.26 Å². The summed E-state index contributed by atoms with van der Waals surface area (Å²) in [6, 6.07) is 7.01. The molecule has 2 N–H and O–H groups in total. The summed E-state index contributed by atoms with van der Waals surface area (Å²) in [4.78, 5) is 9.33. The molecule has 0 saturated heterocycles. The van der Waals surface area contributed by atoms with Crippen LogP contribution < -0.4 is 5.32 Å². The molecule has 2 rings (SSSR count). The van der Waals surface area contributed by atoms with Crippen LogP contribution in [0.2, 0.25) is 0 Å². The lowest BCUT2D eigenvalue weighted by atomic mass is 10.2. The Labute approximate surface area is 139 Å². The van der Waals surface area contributed by atoms with Gasteiger partial charge in [0, 0.05) is 12.1 Å². The zero-order valence-electron chi connectivity index (χ0n) is 12.4. The zero-order chi connectivity index (χ0) is 15.2. The number of rotatable bonds is 6. The Bertz CT molecular complexity index is 599. The standard InChI is InChI=1S/C16H20IN3O/c1-3-5-13-14(17)16(18-10-4-2)20-15(19-13)11-6-8-12(21)9-7-11/h6-9,21H,3-5,10H2,1-2H3,(H,18,19,20). The number of aromatic hydroxyl groups is 1. The van der Waals surface area contributed by atoms with E-state index in [1.807, 2.05) is 12.1 Å². The number of nitrogens with one attached hydrogen (secondary N) is 1. The van der Waals surface area contributed by atoms with Crippen LogP contribution in [-0.4, -0.2) is 21.6 Å². The third-order valence-corrected chi connectivity index (χ3v) is 4.21. The van der Waals surface area contributed by atoms with Gasteiger partial charge in [-0.1, -0.05) is 20.3 Å². The molecule has 0 amide bonds. The summed E-state index contributed by atoms with van der Waals surface area (Å²) in [5, 5.41) is 12.8. The molecular weight excluding hydrogens is 377 g/mol. The van der Waals surface area contributed by atoms with Crippen molar-refractivity contribution in [2.75, 3.05) is 11.9 Å². The van der Waals surface area contributed by atoms with E-state index in [9.17, 15) is 5.11 Å². The van der Waals surface area contributed by atoms with Gasteiger partial charge >= 0.3 is 0 Å². The minimum absolute atomic E-state index is 0.252. The minimum Gasteiger partial charge on any atom is -0.508 e. The first-order valence-corrected chi connectivity index (χ1v) is 8.33. The minimum atomic E-state index is 0.252. The highest BCUT2D eigenvalue weighted by molar-refractivity contribution is 14.1. The predicted molar refractivity (Wildman–Crippen MR) is 94.6 cm³/mol. The fourth-order valence-electron chi connectivity index (χ4n) is 2.00. The Morgan fingerprint density at radius 2 is 1.81 bits per heavy atom. The zero-order valence-corrected chi connectivity index (χ0v) is 14.5. The molecule has 0 saturated carbocycles. The Morgan fingerprint density at radius 3 is 2.43 bits per heavy atom. The van der Waals surface area contributed by atoms with E-state index in [4.69, 9.17) is 4.98 Å². The van der Waals surface area contributed by atoms with Gasteiger partial charge in [0.1, 0.15) is 11.6 Å². The predicted octanol–water partition coefficient (Wildman–Crippen LogP) is 4.23. The molecule has 5 heteroatoms. The number of hydrogen-bond donors (Lipinski definition) is 2. The van der Waals surface area contributed by atoms with Gasteiger partial charge in [0.2, 0.25) is 0 Å². The fourth-order valence-corrected chi connectivity index (χ4v) is 2.70. The van der Waals surface area contributed by atoms with Crippen molar-refractivity contribution in [3.8, 4) is 17.1 Å². The molecule has 21 heavy (non-hydrogen) atoms. The van der Waals surface area contributed by atoms with Crippen molar-refractivity contribution in [2.45, 2.75) is 33.1 Å². The molecule has 1 aromatic carbocycles. The van der Waals surface area contributed by atoms with Crippen molar-refractivity contribution in [1.29, 1.82) is 0 Å². The number of nitrogens with zero attached hydrogens (tertiary/aromatic N) is 2. The van der Waals surface area contributed by atoms with Gasteiger partial charge in [0.25, 0.3) is 0 Å². The van der Waals surface area contributed by atoms with Crippen molar-refractivity contribution >= 4 is 28.4 Å². The van der Waals surface area contributed by atoms with Gasteiger partial charge in [-0.2, -0.15) is 0 Å². The maximum atomic E-state index is 9.40. The van der Waals surface area contributed by atoms with Crippen molar-refractivity contribution in [3.63, 3.8) is 0 Å². The van der Waals surface area contributed by atoms with Crippen LogP contribution in [0.1, 0.15) is 32.4 Å². The molecule has 0 aliphatic heterocycles. The average molecular weight is 397 g/mol. The van der Waals surface area contributed by atoms with E-state index in [1.165, 1.54) is 0 Å². The molecule has 0 unspecified atom stereocenters. The smallest absolute Gasteiger partial charge is 0.161 e. The van der Waals surface area contributed by atoms with Crippen LogP contribution in [0.4, 0.5) is 5.82 Å². The number of hydrogen-bond acceptors (Lipinski definition) is 4. The Hall–Kier alpha value is -1.37. The van der Waals surface area contributed by atoms with Crippen molar-refractivity contribution < 1.29 is 5.11 Å². The van der Waals surface area contributed by atoms with Crippen LogP contribution in [0.25, 0.3) is 11.4 Å².